The van der Waals surface area contributed by atoms with Gasteiger partial charge in [0.15, 0.2) is 0 Å². The van der Waals surface area contributed by atoms with E-state index in [1.54, 1.807) is 13.0 Å². The van der Waals surface area contributed by atoms with E-state index in [9.17, 15) is 10.1 Å². The molecular weight excluding hydrogens is 218 g/mol. The summed E-state index contributed by atoms with van der Waals surface area (Å²) in [5.41, 5.74) is 7.63. The summed E-state index contributed by atoms with van der Waals surface area (Å²) in [6, 6.07) is 5.47. The van der Waals surface area contributed by atoms with Crippen LogP contribution in [0.25, 0.3) is 0 Å². The van der Waals surface area contributed by atoms with E-state index in [0.717, 1.165) is 24.9 Å². The minimum atomic E-state index is -0.352. The van der Waals surface area contributed by atoms with Crippen LogP contribution in [0.1, 0.15) is 24.8 Å². The van der Waals surface area contributed by atoms with Crippen LogP contribution in [-0.4, -0.2) is 17.0 Å². The zero-order valence-electron chi connectivity index (χ0n) is 9.85. The molecule has 0 bridgehead atoms. The van der Waals surface area contributed by atoms with E-state index in [-0.39, 0.29) is 22.7 Å². The average Bonchev–Trinajstić information content (AvgIpc) is 2.67. The largest absolute Gasteiger partial charge is 0.380 e. The molecule has 0 aromatic heterocycles. The quantitative estimate of drug-likeness (QED) is 0.621. The highest BCUT2D eigenvalue weighted by Crippen LogP contribution is 2.28. The number of hydrogen-bond acceptors (Lipinski definition) is 4. The molecule has 1 saturated carbocycles. The van der Waals surface area contributed by atoms with Gasteiger partial charge in [-0.1, -0.05) is 6.07 Å². The van der Waals surface area contributed by atoms with Crippen molar-refractivity contribution in [2.75, 3.05) is 5.32 Å². The van der Waals surface area contributed by atoms with Crippen LogP contribution in [-0.2, 0) is 0 Å². The Morgan fingerprint density at radius 3 is 2.82 bits per heavy atom. The molecule has 0 aliphatic heterocycles. The number of rotatable bonds is 3. The minimum Gasteiger partial charge on any atom is -0.380 e. The molecule has 1 aliphatic carbocycles. The molecule has 0 radical (unpaired) electrons. The number of nitro groups is 1. The van der Waals surface area contributed by atoms with Crippen LogP contribution in [0.5, 0.6) is 0 Å². The van der Waals surface area contributed by atoms with Crippen LogP contribution in [0.2, 0.25) is 0 Å². The highest BCUT2D eigenvalue weighted by atomic mass is 16.6. The van der Waals surface area contributed by atoms with Gasteiger partial charge in [-0.15, -0.1) is 0 Å². The van der Waals surface area contributed by atoms with Crippen LogP contribution in [0.4, 0.5) is 11.4 Å². The van der Waals surface area contributed by atoms with Gasteiger partial charge in [0, 0.05) is 29.4 Å². The van der Waals surface area contributed by atoms with Gasteiger partial charge in [-0.05, 0) is 32.3 Å². The lowest BCUT2D eigenvalue weighted by atomic mass is 10.1. The van der Waals surface area contributed by atoms with Crippen molar-refractivity contribution in [2.45, 2.75) is 38.3 Å². The summed E-state index contributed by atoms with van der Waals surface area (Å²) in [4.78, 5) is 10.5. The maximum atomic E-state index is 10.8. The number of nitrogens with one attached hydrogen (secondary N) is 1. The molecule has 5 nitrogen and oxygen atoms in total. The van der Waals surface area contributed by atoms with Crippen LogP contribution in [0.15, 0.2) is 18.2 Å². The zero-order valence-corrected chi connectivity index (χ0v) is 9.85. The van der Waals surface area contributed by atoms with Crippen molar-refractivity contribution < 1.29 is 4.92 Å². The summed E-state index contributed by atoms with van der Waals surface area (Å²) in [5.74, 6) is 0. The Hall–Kier alpha value is -1.62. The van der Waals surface area contributed by atoms with Gasteiger partial charge < -0.3 is 11.1 Å². The molecule has 2 rings (SSSR count). The van der Waals surface area contributed by atoms with E-state index >= 15 is 0 Å². The minimum absolute atomic E-state index is 0.147. The fraction of sp³-hybridized carbons (Fsp3) is 0.500. The van der Waals surface area contributed by atoms with E-state index in [1.807, 2.05) is 6.07 Å². The lowest BCUT2D eigenvalue weighted by Gasteiger charge is -2.19. The van der Waals surface area contributed by atoms with Gasteiger partial charge >= 0.3 is 0 Å². The molecule has 2 atom stereocenters. The Balaban J connectivity index is 2.21. The molecule has 17 heavy (non-hydrogen) atoms. The van der Waals surface area contributed by atoms with E-state index in [1.165, 1.54) is 6.07 Å². The van der Waals surface area contributed by atoms with Gasteiger partial charge in [-0.25, -0.2) is 0 Å². The van der Waals surface area contributed by atoms with Crippen molar-refractivity contribution in [3.8, 4) is 0 Å². The fourth-order valence-corrected chi connectivity index (χ4v) is 2.35. The first-order chi connectivity index (χ1) is 8.09. The van der Waals surface area contributed by atoms with E-state index in [4.69, 9.17) is 5.73 Å². The zero-order chi connectivity index (χ0) is 12.4. The molecule has 0 saturated heterocycles. The van der Waals surface area contributed by atoms with E-state index < -0.39 is 0 Å². The van der Waals surface area contributed by atoms with Crippen molar-refractivity contribution in [3.05, 3.63) is 33.9 Å². The number of nitro benzene ring substituents is 1. The first-order valence-corrected chi connectivity index (χ1v) is 5.85. The monoisotopic (exact) mass is 235 g/mol. The lowest BCUT2D eigenvalue weighted by molar-refractivity contribution is -0.385. The van der Waals surface area contributed by atoms with Crippen molar-refractivity contribution in [3.63, 3.8) is 0 Å². The molecule has 92 valence electrons. The second kappa shape index (κ2) is 4.71. The third-order valence-corrected chi connectivity index (χ3v) is 3.41. The van der Waals surface area contributed by atoms with E-state index in [2.05, 4.69) is 5.32 Å². The smallest absolute Gasteiger partial charge is 0.274 e. The molecule has 1 aromatic carbocycles. The maximum Gasteiger partial charge on any atom is 0.274 e. The molecule has 5 heteroatoms. The van der Waals surface area contributed by atoms with Crippen molar-refractivity contribution in [1.82, 2.24) is 0 Å². The predicted octanol–water partition coefficient (Wildman–Crippen LogP) is 2.19. The van der Waals surface area contributed by atoms with Crippen LogP contribution in [0, 0.1) is 17.0 Å². The molecule has 3 N–H and O–H groups in total. The number of nitrogens with two attached hydrogens (primary N) is 1. The summed E-state index contributed by atoms with van der Waals surface area (Å²) in [6.45, 7) is 1.76. The molecule has 0 heterocycles. The number of nitrogens with zero attached hydrogens (tertiary/aromatic N) is 1. The lowest BCUT2D eigenvalue weighted by Crippen LogP contribution is -2.35. The highest BCUT2D eigenvalue weighted by molar-refractivity contribution is 5.60. The number of hydrogen-bond donors (Lipinski definition) is 2. The summed E-state index contributed by atoms with van der Waals surface area (Å²) >= 11 is 0. The Kier molecular flexibility index (Phi) is 3.28. The summed E-state index contributed by atoms with van der Waals surface area (Å²) in [7, 11) is 0. The Morgan fingerprint density at radius 2 is 2.24 bits per heavy atom. The second-order valence-corrected chi connectivity index (χ2v) is 4.55. The van der Waals surface area contributed by atoms with Gasteiger partial charge in [0.25, 0.3) is 5.69 Å². The van der Waals surface area contributed by atoms with Gasteiger partial charge in [-0.2, -0.15) is 0 Å². The van der Waals surface area contributed by atoms with Crippen molar-refractivity contribution >= 4 is 11.4 Å². The number of benzene rings is 1. The van der Waals surface area contributed by atoms with E-state index in [0.29, 0.717) is 5.56 Å². The van der Waals surface area contributed by atoms with Gasteiger partial charge in [0.2, 0.25) is 0 Å². The normalized spacial score (nSPS) is 23.6. The first kappa shape index (κ1) is 11.9. The topological polar surface area (TPSA) is 81.2 Å². The number of anilines is 1. The Labute approximate surface area is 100 Å². The van der Waals surface area contributed by atoms with Gasteiger partial charge in [-0.3, -0.25) is 10.1 Å². The standard InChI is InChI=1S/C12H17N3O2/c1-8-10(5-3-7-12(8)15(16)17)14-11-6-2-4-9(11)13/h3,5,7,9,11,14H,2,4,6,13H2,1H3. The molecule has 2 unspecified atom stereocenters. The summed E-state index contributed by atoms with van der Waals surface area (Å²) < 4.78 is 0. The van der Waals surface area contributed by atoms with Crippen LogP contribution in [0.3, 0.4) is 0 Å². The molecular formula is C12H17N3O2. The van der Waals surface area contributed by atoms with Crippen molar-refractivity contribution in [2.24, 2.45) is 5.73 Å². The SMILES string of the molecule is Cc1c(NC2CCCC2N)cccc1[N+](=O)[O-]. The first-order valence-electron chi connectivity index (χ1n) is 5.85. The molecule has 0 spiro atoms. The second-order valence-electron chi connectivity index (χ2n) is 4.55. The Morgan fingerprint density at radius 1 is 1.47 bits per heavy atom. The third kappa shape index (κ3) is 2.39. The molecule has 0 amide bonds. The van der Waals surface area contributed by atoms with Crippen molar-refractivity contribution in [1.29, 1.82) is 0 Å². The average molecular weight is 235 g/mol. The third-order valence-electron chi connectivity index (χ3n) is 3.41. The highest BCUT2D eigenvalue weighted by Gasteiger charge is 2.24. The summed E-state index contributed by atoms with van der Waals surface area (Å²) in [5, 5.41) is 14.2. The summed E-state index contributed by atoms with van der Waals surface area (Å²) in [6.07, 6.45) is 3.17. The molecule has 1 aliphatic rings. The fourth-order valence-electron chi connectivity index (χ4n) is 2.35. The maximum absolute atomic E-state index is 10.8. The Bertz CT molecular complexity index is 434. The molecule has 1 aromatic rings. The van der Waals surface area contributed by atoms with Crippen LogP contribution < -0.4 is 11.1 Å². The van der Waals surface area contributed by atoms with Crippen LogP contribution >= 0.6 is 0 Å². The van der Waals surface area contributed by atoms with Gasteiger partial charge in [0.1, 0.15) is 0 Å². The van der Waals surface area contributed by atoms with Gasteiger partial charge in [0.05, 0.1) is 4.92 Å². The molecule has 1 fully saturated rings. The predicted molar refractivity (Wildman–Crippen MR) is 67.1 cm³/mol.